The minimum Gasteiger partial charge on any atom is -0.497 e. The quantitative estimate of drug-likeness (QED) is 0.574. The van der Waals surface area contributed by atoms with Crippen molar-refractivity contribution in [1.29, 1.82) is 0 Å². The van der Waals surface area contributed by atoms with E-state index in [0.29, 0.717) is 11.4 Å². The summed E-state index contributed by atoms with van der Waals surface area (Å²) in [5.41, 5.74) is 0.455. The van der Waals surface area contributed by atoms with Crippen LogP contribution in [-0.2, 0) is 14.8 Å². The number of benzene rings is 2. The standard InChI is InChI=1S/C20H26N2O5S2/c1-15(14-27-18-10-8-17(26-2)9-11-18)21-20(23)13-22(29(4,24)25)16-6-5-7-19(12-16)28-3/h5-12,15H,13-14H2,1-4H3,(H,21,23)/t15-/m1/s1. The largest absolute Gasteiger partial charge is 0.497 e. The highest BCUT2D eigenvalue weighted by Gasteiger charge is 2.22. The minimum absolute atomic E-state index is 0.249. The summed E-state index contributed by atoms with van der Waals surface area (Å²) in [6.07, 6.45) is 2.99. The van der Waals surface area contributed by atoms with E-state index in [-0.39, 0.29) is 19.2 Å². The van der Waals surface area contributed by atoms with E-state index in [9.17, 15) is 13.2 Å². The second-order valence-corrected chi connectivity index (χ2v) is 9.21. The maximum Gasteiger partial charge on any atom is 0.241 e. The topological polar surface area (TPSA) is 84.9 Å². The number of nitrogens with one attached hydrogen (secondary N) is 1. The number of hydrogen-bond acceptors (Lipinski definition) is 6. The Labute approximate surface area is 176 Å². The SMILES string of the molecule is COc1ccc(OC[C@@H](C)NC(=O)CN(c2cccc(SC)c2)S(C)(=O)=O)cc1. The number of anilines is 1. The van der Waals surface area contributed by atoms with Crippen molar-refractivity contribution in [3.05, 3.63) is 48.5 Å². The fourth-order valence-electron chi connectivity index (χ4n) is 2.55. The lowest BCUT2D eigenvalue weighted by Gasteiger charge is -2.23. The summed E-state index contributed by atoms with van der Waals surface area (Å²) >= 11 is 1.50. The van der Waals surface area contributed by atoms with Gasteiger partial charge in [0.25, 0.3) is 0 Å². The van der Waals surface area contributed by atoms with Gasteiger partial charge in [0.2, 0.25) is 15.9 Å². The first-order valence-electron chi connectivity index (χ1n) is 8.91. The summed E-state index contributed by atoms with van der Waals surface area (Å²) in [6, 6.07) is 13.9. The highest BCUT2D eigenvalue weighted by molar-refractivity contribution is 7.98. The Kier molecular flexibility index (Phi) is 8.21. The number of ether oxygens (including phenoxy) is 2. The van der Waals surface area contributed by atoms with Crippen LogP contribution in [0.2, 0.25) is 0 Å². The van der Waals surface area contributed by atoms with Crippen LogP contribution in [0.4, 0.5) is 5.69 Å². The molecule has 1 atom stereocenters. The van der Waals surface area contributed by atoms with Crippen molar-refractivity contribution >= 4 is 33.4 Å². The van der Waals surface area contributed by atoms with Crippen LogP contribution in [-0.4, -0.2) is 53.1 Å². The van der Waals surface area contributed by atoms with Gasteiger partial charge in [-0.1, -0.05) is 6.07 Å². The molecule has 0 spiro atoms. The Morgan fingerprint density at radius 3 is 2.41 bits per heavy atom. The smallest absolute Gasteiger partial charge is 0.241 e. The van der Waals surface area contributed by atoms with Crippen molar-refractivity contribution in [3.8, 4) is 11.5 Å². The van der Waals surface area contributed by atoms with Gasteiger partial charge in [-0.2, -0.15) is 0 Å². The van der Waals surface area contributed by atoms with Gasteiger partial charge in [-0.05, 0) is 55.6 Å². The Bertz CT molecular complexity index is 917. The van der Waals surface area contributed by atoms with Crippen molar-refractivity contribution in [2.75, 3.05) is 37.1 Å². The second kappa shape index (κ2) is 10.4. The molecule has 0 saturated heterocycles. The van der Waals surface area contributed by atoms with Crippen LogP contribution in [0.3, 0.4) is 0 Å². The van der Waals surface area contributed by atoms with E-state index in [1.54, 1.807) is 56.5 Å². The predicted octanol–water partition coefficient (Wildman–Crippen LogP) is 2.77. The van der Waals surface area contributed by atoms with Crippen LogP contribution < -0.4 is 19.1 Å². The lowest BCUT2D eigenvalue weighted by atomic mass is 10.3. The highest BCUT2D eigenvalue weighted by Crippen LogP contribution is 2.24. The van der Waals surface area contributed by atoms with Crippen molar-refractivity contribution in [2.24, 2.45) is 0 Å². The van der Waals surface area contributed by atoms with E-state index in [4.69, 9.17) is 9.47 Å². The molecule has 0 aliphatic carbocycles. The van der Waals surface area contributed by atoms with Gasteiger partial charge in [0.15, 0.2) is 0 Å². The van der Waals surface area contributed by atoms with Crippen LogP contribution in [0.25, 0.3) is 0 Å². The van der Waals surface area contributed by atoms with Gasteiger partial charge in [-0.3, -0.25) is 9.10 Å². The molecule has 1 N–H and O–H groups in total. The molecule has 0 heterocycles. The van der Waals surface area contributed by atoms with Crippen molar-refractivity contribution in [1.82, 2.24) is 5.32 Å². The Balaban J connectivity index is 1.96. The molecule has 9 heteroatoms. The third-order valence-corrected chi connectivity index (χ3v) is 5.86. The molecule has 0 saturated carbocycles. The van der Waals surface area contributed by atoms with Crippen LogP contribution in [0, 0.1) is 0 Å². The molecule has 0 bridgehead atoms. The maximum atomic E-state index is 12.4. The zero-order valence-corrected chi connectivity index (χ0v) is 18.5. The number of carbonyl (C=O) groups excluding carboxylic acids is 1. The number of carbonyl (C=O) groups is 1. The highest BCUT2D eigenvalue weighted by atomic mass is 32.2. The molecule has 0 aliphatic rings. The van der Waals surface area contributed by atoms with Crippen LogP contribution >= 0.6 is 11.8 Å². The molecule has 7 nitrogen and oxygen atoms in total. The molecule has 2 aromatic rings. The molecular weight excluding hydrogens is 412 g/mol. The number of hydrogen-bond donors (Lipinski definition) is 1. The summed E-state index contributed by atoms with van der Waals surface area (Å²) in [5, 5.41) is 2.77. The molecule has 2 aromatic carbocycles. The molecule has 1 amide bonds. The lowest BCUT2D eigenvalue weighted by molar-refractivity contribution is -0.120. The summed E-state index contributed by atoms with van der Waals surface area (Å²) in [5.74, 6) is 0.972. The molecule has 0 aromatic heterocycles. The number of rotatable bonds is 10. The Morgan fingerprint density at radius 2 is 1.83 bits per heavy atom. The van der Waals surface area contributed by atoms with E-state index >= 15 is 0 Å². The van der Waals surface area contributed by atoms with E-state index in [2.05, 4.69) is 5.32 Å². The van der Waals surface area contributed by atoms with E-state index in [1.807, 2.05) is 12.3 Å². The molecule has 0 radical (unpaired) electrons. The van der Waals surface area contributed by atoms with Gasteiger partial charge in [0.1, 0.15) is 24.7 Å². The first kappa shape index (κ1) is 22.9. The number of thioether (sulfide) groups is 1. The third kappa shape index (κ3) is 7.17. The molecular formula is C20H26N2O5S2. The first-order chi connectivity index (χ1) is 13.7. The van der Waals surface area contributed by atoms with Crippen molar-refractivity contribution in [2.45, 2.75) is 17.9 Å². The zero-order valence-electron chi connectivity index (χ0n) is 16.9. The number of amides is 1. The Hall–Kier alpha value is -2.39. The number of sulfonamides is 1. The average molecular weight is 439 g/mol. The number of methoxy groups -OCH3 is 1. The van der Waals surface area contributed by atoms with Gasteiger partial charge in [0.05, 0.1) is 25.1 Å². The Morgan fingerprint density at radius 1 is 1.17 bits per heavy atom. The molecule has 0 aliphatic heterocycles. The first-order valence-corrected chi connectivity index (χ1v) is 12.0. The fourth-order valence-corrected chi connectivity index (χ4v) is 3.85. The zero-order chi connectivity index (χ0) is 21.4. The van der Waals surface area contributed by atoms with Gasteiger partial charge in [-0.25, -0.2) is 8.42 Å². The van der Waals surface area contributed by atoms with Crippen molar-refractivity contribution < 1.29 is 22.7 Å². The summed E-state index contributed by atoms with van der Waals surface area (Å²) < 4.78 is 36.3. The van der Waals surface area contributed by atoms with Gasteiger partial charge in [-0.15, -0.1) is 11.8 Å². The van der Waals surface area contributed by atoms with Crippen LogP contribution in [0.1, 0.15) is 6.92 Å². The summed E-state index contributed by atoms with van der Waals surface area (Å²) in [4.78, 5) is 13.4. The summed E-state index contributed by atoms with van der Waals surface area (Å²) in [6.45, 7) is 1.74. The van der Waals surface area contributed by atoms with E-state index in [0.717, 1.165) is 21.2 Å². The molecule has 0 fully saturated rings. The minimum atomic E-state index is -3.62. The molecule has 29 heavy (non-hydrogen) atoms. The van der Waals surface area contributed by atoms with Gasteiger partial charge in [0, 0.05) is 4.90 Å². The number of nitrogens with zero attached hydrogens (tertiary/aromatic N) is 1. The molecule has 0 unspecified atom stereocenters. The maximum absolute atomic E-state index is 12.4. The van der Waals surface area contributed by atoms with Crippen LogP contribution in [0.15, 0.2) is 53.4 Å². The second-order valence-electron chi connectivity index (χ2n) is 6.43. The van der Waals surface area contributed by atoms with Gasteiger partial charge < -0.3 is 14.8 Å². The predicted molar refractivity (Wildman–Crippen MR) is 117 cm³/mol. The van der Waals surface area contributed by atoms with Crippen LogP contribution in [0.5, 0.6) is 11.5 Å². The van der Waals surface area contributed by atoms with Gasteiger partial charge >= 0.3 is 0 Å². The lowest BCUT2D eigenvalue weighted by Crippen LogP contribution is -2.44. The van der Waals surface area contributed by atoms with Crippen molar-refractivity contribution in [3.63, 3.8) is 0 Å². The third-order valence-electron chi connectivity index (χ3n) is 4.00. The normalized spacial score (nSPS) is 12.1. The fraction of sp³-hybridized carbons (Fsp3) is 0.350. The van der Waals surface area contributed by atoms with E-state index in [1.165, 1.54) is 11.8 Å². The molecule has 2 rings (SSSR count). The average Bonchev–Trinajstić information content (AvgIpc) is 2.70. The van der Waals surface area contributed by atoms with E-state index < -0.39 is 15.9 Å². The molecule has 158 valence electrons. The monoisotopic (exact) mass is 438 g/mol. The summed E-state index contributed by atoms with van der Waals surface area (Å²) in [7, 11) is -2.03.